The molecular formula is C14H22N4O. The molecule has 2 atom stereocenters. The van der Waals surface area contributed by atoms with Crippen LogP contribution in [0.5, 0.6) is 0 Å². The first-order valence-electron chi connectivity index (χ1n) is 6.84. The molecule has 0 bridgehead atoms. The predicted octanol–water partition coefficient (Wildman–Crippen LogP) is 1.15. The molecule has 0 saturated carbocycles. The number of nitrogens with one attached hydrogen (secondary N) is 1. The minimum atomic E-state index is -0.157. The number of anilines is 1. The number of hydrogen-bond acceptors (Lipinski definition) is 4. The number of piperidine rings is 1. The van der Waals surface area contributed by atoms with Crippen molar-refractivity contribution in [2.24, 2.45) is 5.73 Å². The highest BCUT2D eigenvalue weighted by molar-refractivity contribution is 5.92. The highest BCUT2D eigenvalue weighted by atomic mass is 16.1. The van der Waals surface area contributed by atoms with Gasteiger partial charge in [0, 0.05) is 37.6 Å². The summed E-state index contributed by atoms with van der Waals surface area (Å²) in [5.74, 6) is -0.157. The molecule has 19 heavy (non-hydrogen) atoms. The van der Waals surface area contributed by atoms with E-state index in [1.165, 1.54) is 6.42 Å². The Balaban J connectivity index is 2.30. The standard InChI is InChI=1S/C14H22N4O/c1-10-4-3-5-12(9-15)18(10)11-6-7-17-13(8-11)14(19)16-2/h6-8,10,12H,3-5,9,15H2,1-2H3,(H,16,19). The van der Waals surface area contributed by atoms with E-state index in [2.05, 4.69) is 22.1 Å². The van der Waals surface area contributed by atoms with Crippen molar-refractivity contribution in [3.63, 3.8) is 0 Å². The molecule has 5 heteroatoms. The van der Waals surface area contributed by atoms with Crippen LogP contribution in [0.3, 0.4) is 0 Å². The second-order valence-electron chi connectivity index (χ2n) is 5.06. The number of carbonyl (C=O) groups excluding carboxylic acids is 1. The molecule has 3 N–H and O–H groups in total. The van der Waals surface area contributed by atoms with Crippen molar-refractivity contribution in [3.8, 4) is 0 Å². The lowest BCUT2D eigenvalue weighted by atomic mass is 9.95. The Morgan fingerprint density at radius 1 is 1.58 bits per heavy atom. The smallest absolute Gasteiger partial charge is 0.269 e. The zero-order valence-electron chi connectivity index (χ0n) is 11.6. The Kier molecular flexibility index (Phi) is 4.37. The summed E-state index contributed by atoms with van der Waals surface area (Å²) in [4.78, 5) is 18.1. The Hall–Kier alpha value is -1.62. The highest BCUT2D eigenvalue weighted by Gasteiger charge is 2.27. The molecule has 1 saturated heterocycles. The Morgan fingerprint density at radius 3 is 3.05 bits per heavy atom. The highest BCUT2D eigenvalue weighted by Crippen LogP contribution is 2.28. The Morgan fingerprint density at radius 2 is 2.37 bits per heavy atom. The molecule has 0 aromatic carbocycles. The first kappa shape index (κ1) is 13.8. The molecule has 2 rings (SSSR count). The van der Waals surface area contributed by atoms with Gasteiger partial charge in [0.25, 0.3) is 5.91 Å². The fourth-order valence-corrected chi connectivity index (χ4v) is 2.82. The molecule has 5 nitrogen and oxygen atoms in total. The van der Waals surface area contributed by atoms with Gasteiger partial charge in [-0.05, 0) is 38.3 Å². The Bertz CT molecular complexity index is 449. The molecule has 0 radical (unpaired) electrons. The van der Waals surface area contributed by atoms with Gasteiger partial charge >= 0.3 is 0 Å². The van der Waals surface area contributed by atoms with Crippen LogP contribution < -0.4 is 16.0 Å². The number of nitrogens with zero attached hydrogens (tertiary/aromatic N) is 2. The van der Waals surface area contributed by atoms with Crippen molar-refractivity contribution in [1.82, 2.24) is 10.3 Å². The summed E-state index contributed by atoms with van der Waals surface area (Å²) in [6, 6.07) is 4.60. The average molecular weight is 262 g/mol. The molecule has 1 aliphatic rings. The second kappa shape index (κ2) is 6.02. The molecule has 1 aromatic heterocycles. The summed E-state index contributed by atoms with van der Waals surface area (Å²) in [7, 11) is 1.61. The maximum atomic E-state index is 11.7. The zero-order chi connectivity index (χ0) is 13.8. The normalized spacial score (nSPS) is 23.2. The van der Waals surface area contributed by atoms with E-state index in [9.17, 15) is 4.79 Å². The number of rotatable bonds is 3. The van der Waals surface area contributed by atoms with Gasteiger partial charge in [0.2, 0.25) is 0 Å². The summed E-state index contributed by atoms with van der Waals surface area (Å²) in [6.07, 6.45) is 5.17. The monoisotopic (exact) mass is 262 g/mol. The number of hydrogen-bond donors (Lipinski definition) is 2. The van der Waals surface area contributed by atoms with Crippen LogP contribution in [0.4, 0.5) is 5.69 Å². The third-order valence-corrected chi connectivity index (χ3v) is 3.80. The number of carbonyl (C=O) groups is 1. The van der Waals surface area contributed by atoms with Crippen LogP contribution in [-0.2, 0) is 0 Å². The van der Waals surface area contributed by atoms with Crippen LogP contribution in [-0.4, -0.2) is 36.6 Å². The van der Waals surface area contributed by atoms with Crippen LogP contribution in [0.25, 0.3) is 0 Å². The second-order valence-corrected chi connectivity index (χ2v) is 5.06. The molecule has 104 valence electrons. The summed E-state index contributed by atoms with van der Waals surface area (Å²) in [5.41, 5.74) is 7.37. The summed E-state index contributed by atoms with van der Waals surface area (Å²) in [6.45, 7) is 2.85. The minimum absolute atomic E-state index is 0.157. The van der Waals surface area contributed by atoms with E-state index in [0.717, 1.165) is 18.5 Å². The van der Waals surface area contributed by atoms with Gasteiger partial charge in [-0.3, -0.25) is 9.78 Å². The van der Waals surface area contributed by atoms with E-state index in [1.807, 2.05) is 12.1 Å². The lowest BCUT2D eigenvalue weighted by molar-refractivity contribution is 0.0958. The quantitative estimate of drug-likeness (QED) is 0.857. The molecule has 2 unspecified atom stereocenters. The van der Waals surface area contributed by atoms with Crippen LogP contribution in [0.15, 0.2) is 18.3 Å². The summed E-state index contributed by atoms with van der Waals surface area (Å²) in [5, 5.41) is 2.60. The molecular weight excluding hydrogens is 240 g/mol. The van der Waals surface area contributed by atoms with Gasteiger partial charge in [-0.15, -0.1) is 0 Å². The number of nitrogens with two attached hydrogens (primary N) is 1. The predicted molar refractivity (Wildman–Crippen MR) is 76.3 cm³/mol. The van der Waals surface area contributed by atoms with E-state index in [-0.39, 0.29) is 5.91 Å². The van der Waals surface area contributed by atoms with E-state index >= 15 is 0 Å². The maximum absolute atomic E-state index is 11.7. The van der Waals surface area contributed by atoms with Gasteiger partial charge < -0.3 is 16.0 Å². The number of pyridine rings is 1. The molecule has 0 spiro atoms. The minimum Gasteiger partial charge on any atom is -0.364 e. The molecule has 2 heterocycles. The molecule has 1 aliphatic heterocycles. The van der Waals surface area contributed by atoms with Gasteiger partial charge in [-0.1, -0.05) is 0 Å². The van der Waals surface area contributed by atoms with Crippen LogP contribution in [0, 0.1) is 0 Å². The van der Waals surface area contributed by atoms with Gasteiger partial charge in [0.1, 0.15) is 5.69 Å². The average Bonchev–Trinajstić information content (AvgIpc) is 2.46. The lowest BCUT2D eigenvalue weighted by Gasteiger charge is -2.42. The molecule has 1 fully saturated rings. The van der Waals surface area contributed by atoms with Crippen molar-refractivity contribution >= 4 is 11.6 Å². The number of amides is 1. The zero-order valence-corrected chi connectivity index (χ0v) is 11.6. The largest absolute Gasteiger partial charge is 0.364 e. The van der Waals surface area contributed by atoms with Crippen molar-refractivity contribution < 1.29 is 4.79 Å². The summed E-state index contributed by atoms with van der Waals surface area (Å²) >= 11 is 0. The van der Waals surface area contributed by atoms with Gasteiger partial charge in [-0.2, -0.15) is 0 Å². The van der Waals surface area contributed by atoms with E-state index < -0.39 is 0 Å². The first-order valence-corrected chi connectivity index (χ1v) is 6.84. The van der Waals surface area contributed by atoms with Gasteiger partial charge in [-0.25, -0.2) is 0 Å². The molecule has 1 aromatic rings. The third-order valence-electron chi connectivity index (χ3n) is 3.80. The third kappa shape index (κ3) is 2.87. The lowest BCUT2D eigenvalue weighted by Crippen LogP contribution is -2.49. The van der Waals surface area contributed by atoms with Crippen LogP contribution in [0.1, 0.15) is 36.7 Å². The topological polar surface area (TPSA) is 71.2 Å². The fourth-order valence-electron chi connectivity index (χ4n) is 2.82. The van der Waals surface area contributed by atoms with Gasteiger partial charge in [0.05, 0.1) is 0 Å². The first-order chi connectivity index (χ1) is 9.17. The Labute approximate surface area is 114 Å². The fraction of sp³-hybridized carbons (Fsp3) is 0.571. The maximum Gasteiger partial charge on any atom is 0.269 e. The van der Waals surface area contributed by atoms with Crippen molar-refractivity contribution in [2.75, 3.05) is 18.5 Å². The van der Waals surface area contributed by atoms with Crippen LogP contribution in [0.2, 0.25) is 0 Å². The van der Waals surface area contributed by atoms with E-state index in [4.69, 9.17) is 5.73 Å². The number of aromatic nitrogens is 1. The van der Waals surface area contributed by atoms with Crippen LogP contribution >= 0.6 is 0 Å². The SMILES string of the molecule is CNC(=O)c1cc(N2C(C)CCCC2CN)ccn1. The molecule has 0 aliphatic carbocycles. The summed E-state index contributed by atoms with van der Waals surface area (Å²) < 4.78 is 0. The van der Waals surface area contributed by atoms with Crippen molar-refractivity contribution in [1.29, 1.82) is 0 Å². The van der Waals surface area contributed by atoms with E-state index in [1.54, 1.807) is 13.2 Å². The van der Waals surface area contributed by atoms with Gasteiger partial charge in [0.15, 0.2) is 0 Å². The van der Waals surface area contributed by atoms with E-state index in [0.29, 0.717) is 24.3 Å². The van der Waals surface area contributed by atoms with Crippen molar-refractivity contribution in [3.05, 3.63) is 24.0 Å². The van der Waals surface area contributed by atoms with Crippen molar-refractivity contribution in [2.45, 2.75) is 38.3 Å². The molecule has 1 amide bonds.